The third-order valence-electron chi connectivity index (χ3n) is 6.30. The minimum Gasteiger partial charge on any atom is -0.349 e. The minimum atomic E-state index is 0.0801. The summed E-state index contributed by atoms with van der Waals surface area (Å²) in [6, 6.07) is 21.2. The second kappa shape index (κ2) is 15.5. The summed E-state index contributed by atoms with van der Waals surface area (Å²) in [6.45, 7) is 7.02. The lowest BCUT2D eigenvalue weighted by molar-refractivity contribution is 0.231. The zero-order valence-electron chi connectivity index (χ0n) is 20.8. The van der Waals surface area contributed by atoms with Crippen LogP contribution in [0.3, 0.4) is 0 Å². The Labute approximate surface area is 198 Å². The maximum absolute atomic E-state index is 2.39. The predicted octanol–water partition coefficient (Wildman–Crippen LogP) is 9.72. The molecule has 0 saturated carbocycles. The normalized spacial score (nSPS) is 12.1. The number of benzene rings is 2. The van der Waals surface area contributed by atoms with Crippen molar-refractivity contribution in [2.45, 2.75) is 96.9 Å². The van der Waals surface area contributed by atoms with Gasteiger partial charge in [-0.3, -0.25) is 0 Å². The first-order valence-corrected chi connectivity index (χ1v) is 12.9. The molecule has 0 heterocycles. The molecule has 1 nitrogen and oxygen atoms in total. The second-order valence-corrected chi connectivity index (χ2v) is 9.60. The molecule has 2 aromatic carbocycles. The second-order valence-electron chi connectivity index (χ2n) is 9.60. The molecule has 32 heavy (non-hydrogen) atoms. The van der Waals surface area contributed by atoms with Crippen LogP contribution in [0.15, 0.2) is 73.1 Å². The molecule has 2 aromatic rings. The van der Waals surface area contributed by atoms with Crippen LogP contribution < -0.4 is 0 Å². The van der Waals surface area contributed by atoms with E-state index in [1.807, 2.05) is 0 Å². The molecule has 0 fully saturated rings. The van der Waals surface area contributed by atoms with Gasteiger partial charge in [0.2, 0.25) is 0 Å². The van der Waals surface area contributed by atoms with Gasteiger partial charge in [-0.2, -0.15) is 0 Å². The summed E-state index contributed by atoms with van der Waals surface area (Å²) in [7, 11) is 0. The van der Waals surface area contributed by atoms with E-state index in [0.717, 1.165) is 0 Å². The van der Waals surface area contributed by atoms with E-state index < -0.39 is 0 Å². The van der Waals surface area contributed by atoms with Crippen LogP contribution in [0.4, 0.5) is 0 Å². The van der Waals surface area contributed by atoms with Gasteiger partial charge >= 0.3 is 0 Å². The van der Waals surface area contributed by atoms with E-state index in [-0.39, 0.29) is 5.54 Å². The van der Waals surface area contributed by atoms with Crippen LogP contribution in [0.1, 0.15) is 103 Å². The molecule has 0 aliphatic rings. The van der Waals surface area contributed by atoms with E-state index in [1.54, 1.807) is 0 Å². The smallest absolute Gasteiger partial charge is 0.0383 e. The first-order chi connectivity index (χ1) is 15.6. The van der Waals surface area contributed by atoms with Crippen molar-refractivity contribution < 1.29 is 0 Å². The van der Waals surface area contributed by atoms with E-state index in [4.69, 9.17) is 0 Å². The summed E-state index contributed by atoms with van der Waals surface area (Å²) >= 11 is 0. The molecule has 0 unspecified atom stereocenters. The summed E-state index contributed by atoms with van der Waals surface area (Å²) in [6.07, 6.45) is 24.0. The quantitative estimate of drug-likeness (QED) is 0.239. The summed E-state index contributed by atoms with van der Waals surface area (Å²) < 4.78 is 0. The molecule has 0 aliphatic carbocycles. The lowest BCUT2D eigenvalue weighted by Gasteiger charge is -2.36. The zero-order valence-corrected chi connectivity index (χ0v) is 20.8. The van der Waals surface area contributed by atoms with Crippen LogP contribution in [-0.2, 0) is 0 Å². The van der Waals surface area contributed by atoms with Crippen molar-refractivity contribution in [3.05, 3.63) is 84.2 Å². The van der Waals surface area contributed by atoms with Gasteiger partial charge in [0.15, 0.2) is 0 Å². The molecule has 0 radical (unpaired) electrons. The maximum atomic E-state index is 2.39. The first-order valence-electron chi connectivity index (χ1n) is 12.9. The van der Waals surface area contributed by atoms with Crippen LogP contribution >= 0.6 is 0 Å². The molecular weight excluding hydrogens is 386 g/mol. The molecule has 0 bridgehead atoms. The molecule has 0 saturated heterocycles. The molecule has 0 aromatic heterocycles. The predicted molar refractivity (Wildman–Crippen MR) is 143 cm³/mol. The summed E-state index contributed by atoms with van der Waals surface area (Å²) in [4.78, 5) is 2.39. The average molecular weight is 432 g/mol. The van der Waals surface area contributed by atoms with Gasteiger partial charge in [-0.25, -0.2) is 0 Å². The fourth-order valence-electron chi connectivity index (χ4n) is 4.09. The van der Waals surface area contributed by atoms with Crippen LogP contribution in [0.25, 0.3) is 12.2 Å². The summed E-state index contributed by atoms with van der Waals surface area (Å²) in [5.74, 6) is 0. The topological polar surface area (TPSA) is 3.24 Å². The van der Waals surface area contributed by atoms with Crippen LogP contribution in [0.2, 0.25) is 0 Å². The Morgan fingerprint density at radius 1 is 0.594 bits per heavy atom. The monoisotopic (exact) mass is 431 g/mol. The fraction of sp³-hybridized carbons (Fsp3) is 0.484. The Morgan fingerprint density at radius 2 is 1.00 bits per heavy atom. The van der Waals surface area contributed by atoms with Crippen LogP contribution in [0.5, 0.6) is 0 Å². The van der Waals surface area contributed by atoms with Gasteiger partial charge in [0, 0.05) is 17.9 Å². The molecule has 0 atom stereocenters. The Balaban J connectivity index is 1.86. The number of unbranched alkanes of at least 4 members (excludes halogenated alkanes) is 9. The van der Waals surface area contributed by atoms with Crippen molar-refractivity contribution in [3.63, 3.8) is 0 Å². The van der Waals surface area contributed by atoms with E-state index in [9.17, 15) is 0 Å². The number of hydrogen-bond donors (Lipinski definition) is 0. The Morgan fingerprint density at radius 3 is 1.44 bits per heavy atom. The van der Waals surface area contributed by atoms with Crippen molar-refractivity contribution in [2.24, 2.45) is 0 Å². The minimum absolute atomic E-state index is 0.0801. The Bertz CT molecular complexity index is 708. The van der Waals surface area contributed by atoms with E-state index in [1.165, 1.54) is 81.8 Å². The molecule has 1 heteroatoms. The standard InChI is InChI=1S/C31H45N/c1-4-5-6-7-8-9-10-11-12-19-26-31(2,3)32(27-24-29-20-15-13-16-21-29)28-25-30-22-17-14-18-23-30/h13-18,20-25,27-28H,4-12,19,26H2,1-3H3/b27-24+,28-25+. The molecule has 0 N–H and O–H groups in total. The maximum Gasteiger partial charge on any atom is 0.0383 e. The fourth-order valence-corrected chi connectivity index (χ4v) is 4.09. The van der Waals surface area contributed by atoms with Gasteiger partial charge in [-0.05, 0) is 43.5 Å². The lowest BCUT2D eigenvalue weighted by atomic mass is 9.94. The third-order valence-corrected chi connectivity index (χ3v) is 6.30. The third kappa shape index (κ3) is 10.8. The Hall–Kier alpha value is -2.28. The van der Waals surface area contributed by atoms with E-state index in [2.05, 4.69) is 111 Å². The van der Waals surface area contributed by atoms with Gasteiger partial charge in [0.05, 0.1) is 0 Å². The first kappa shape index (κ1) is 26.0. The summed E-state index contributed by atoms with van der Waals surface area (Å²) in [5, 5.41) is 0. The van der Waals surface area contributed by atoms with Gasteiger partial charge in [-0.15, -0.1) is 0 Å². The van der Waals surface area contributed by atoms with Gasteiger partial charge in [0.25, 0.3) is 0 Å². The highest BCUT2D eigenvalue weighted by atomic mass is 15.2. The highest BCUT2D eigenvalue weighted by molar-refractivity contribution is 5.51. The molecule has 0 amide bonds. The lowest BCUT2D eigenvalue weighted by Crippen LogP contribution is -2.36. The Kier molecular flexibility index (Phi) is 12.6. The molecule has 174 valence electrons. The number of nitrogens with zero attached hydrogens (tertiary/aromatic N) is 1. The molecular formula is C31H45N. The van der Waals surface area contributed by atoms with Crippen molar-refractivity contribution in [1.29, 1.82) is 0 Å². The van der Waals surface area contributed by atoms with Crippen molar-refractivity contribution >= 4 is 12.2 Å². The van der Waals surface area contributed by atoms with Crippen LogP contribution in [-0.4, -0.2) is 10.4 Å². The van der Waals surface area contributed by atoms with Gasteiger partial charge in [-0.1, -0.05) is 132 Å². The number of rotatable bonds is 16. The van der Waals surface area contributed by atoms with Gasteiger partial charge in [0.1, 0.15) is 0 Å². The molecule has 0 aliphatic heterocycles. The number of hydrogen-bond acceptors (Lipinski definition) is 1. The SMILES string of the molecule is CCCCCCCCCCCCC(C)(C)N(/C=C/c1ccccc1)/C=C/c1ccccc1. The largest absolute Gasteiger partial charge is 0.349 e. The highest BCUT2D eigenvalue weighted by Crippen LogP contribution is 2.25. The zero-order chi connectivity index (χ0) is 22.9. The molecule has 2 rings (SSSR count). The van der Waals surface area contributed by atoms with Crippen molar-refractivity contribution in [1.82, 2.24) is 4.90 Å². The van der Waals surface area contributed by atoms with Crippen molar-refractivity contribution in [2.75, 3.05) is 0 Å². The van der Waals surface area contributed by atoms with Gasteiger partial charge < -0.3 is 4.90 Å². The summed E-state index contributed by atoms with van der Waals surface area (Å²) in [5.41, 5.74) is 2.55. The highest BCUT2D eigenvalue weighted by Gasteiger charge is 2.22. The molecule has 0 spiro atoms. The average Bonchev–Trinajstić information content (AvgIpc) is 2.81. The van der Waals surface area contributed by atoms with Crippen molar-refractivity contribution in [3.8, 4) is 0 Å². The van der Waals surface area contributed by atoms with E-state index >= 15 is 0 Å². The van der Waals surface area contributed by atoms with Crippen LogP contribution in [0, 0.1) is 0 Å². The van der Waals surface area contributed by atoms with E-state index in [0.29, 0.717) is 0 Å².